The summed E-state index contributed by atoms with van der Waals surface area (Å²) < 4.78 is 9.92. The second-order valence-corrected chi connectivity index (χ2v) is 4.65. The van der Waals surface area contributed by atoms with Crippen molar-refractivity contribution in [2.75, 3.05) is 0 Å². The molecule has 0 aliphatic carbocycles. The van der Waals surface area contributed by atoms with Gasteiger partial charge in [0.1, 0.15) is 0 Å². The minimum Gasteiger partial charge on any atom is -0.422 e. The fourth-order valence-electron chi connectivity index (χ4n) is 1.36. The fraction of sp³-hybridized carbons (Fsp3) is 0.800. The molecular weight excluding hydrogens is 220 g/mol. The van der Waals surface area contributed by atoms with E-state index in [1.165, 1.54) is 13.8 Å². The molecule has 0 radical (unpaired) electrons. The van der Waals surface area contributed by atoms with Gasteiger partial charge < -0.3 is 9.47 Å². The zero-order valence-corrected chi connectivity index (χ0v) is 9.84. The Morgan fingerprint density at radius 2 is 1.80 bits per heavy atom. The average Bonchev–Trinajstić information content (AvgIpc) is 2.09. The normalized spacial score (nSPS) is 23.2. The Balaban J connectivity index is 2.67. The van der Waals surface area contributed by atoms with Gasteiger partial charge in [0.15, 0.2) is 5.92 Å². The Labute approximate surface area is 93.9 Å². The van der Waals surface area contributed by atoms with Crippen LogP contribution in [0, 0.1) is 5.92 Å². The topological polar surface area (TPSA) is 52.6 Å². The van der Waals surface area contributed by atoms with Crippen LogP contribution in [0.3, 0.4) is 0 Å². The Morgan fingerprint density at radius 3 is 2.20 bits per heavy atom. The van der Waals surface area contributed by atoms with Crippen LogP contribution in [-0.4, -0.2) is 23.1 Å². The van der Waals surface area contributed by atoms with E-state index in [-0.39, 0.29) is 11.8 Å². The Bertz CT molecular complexity index is 255. The molecule has 0 aromatic rings. The summed E-state index contributed by atoms with van der Waals surface area (Å²) in [5.74, 6) is -3.12. The molecule has 1 atom stereocenters. The molecule has 4 nitrogen and oxygen atoms in total. The van der Waals surface area contributed by atoms with Gasteiger partial charge in [0.05, 0.1) is 0 Å². The highest BCUT2D eigenvalue weighted by Gasteiger charge is 2.43. The van der Waals surface area contributed by atoms with Crippen molar-refractivity contribution in [3.8, 4) is 0 Å². The zero-order chi connectivity index (χ0) is 11.6. The van der Waals surface area contributed by atoms with E-state index >= 15 is 0 Å². The number of cyclic esters (lactones) is 2. The second-order valence-electron chi connectivity index (χ2n) is 4.04. The highest BCUT2D eigenvalue weighted by molar-refractivity contribution is 6.20. The van der Waals surface area contributed by atoms with E-state index in [4.69, 9.17) is 21.1 Å². The van der Waals surface area contributed by atoms with Gasteiger partial charge in [-0.3, -0.25) is 9.59 Å². The number of rotatable bonds is 3. The summed E-state index contributed by atoms with van der Waals surface area (Å²) in [5.41, 5.74) is 0. The lowest BCUT2D eigenvalue weighted by molar-refractivity contribution is -0.240. The molecule has 1 unspecified atom stereocenters. The van der Waals surface area contributed by atoms with Crippen molar-refractivity contribution in [1.82, 2.24) is 0 Å². The Hall–Kier alpha value is -0.770. The number of ether oxygens (including phenoxy) is 2. The van der Waals surface area contributed by atoms with Crippen molar-refractivity contribution < 1.29 is 19.1 Å². The summed E-state index contributed by atoms with van der Waals surface area (Å²) in [6.45, 7) is 4.94. The number of esters is 2. The number of hydrogen-bond acceptors (Lipinski definition) is 4. The van der Waals surface area contributed by atoms with Gasteiger partial charge in [0.25, 0.3) is 5.79 Å². The molecule has 1 rings (SSSR count). The molecular formula is C10H15ClO4. The maximum atomic E-state index is 11.5. The van der Waals surface area contributed by atoms with Crippen LogP contribution in [0.5, 0.6) is 0 Å². The van der Waals surface area contributed by atoms with Gasteiger partial charge in [-0.05, 0) is 12.8 Å². The second kappa shape index (κ2) is 4.39. The van der Waals surface area contributed by atoms with Crippen LogP contribution < -0.4 is 0 Å². The number of carbonyl (C=O) groups is 2. The van der Waals surface area contributed by atoms with E-state index < -0.39 is 23.6 Å². The third-order valence-electron chi connectivity index (χ3n) is 2.20. The van der Waals surface area contributed by atoms with Crippen LogP contribution in [-0.2, 0) is 19.1 Å². The van der Waals surface area contributed by atoms with Crippen molar-refractivity contribution in [3.05, 3.63) is 0 Å². The van der Waals surface area contributed by atoms with Gasteiger partial charge in [0, 0.05) is 19.2 Å². The van der Waals surface area contributed by atoms with Crippen LogP contribution in [0.4, 0.5) is 0 Å². The molecule has 1 fully saturated rings. The van der Waals surface area contributed by atoms with Gasteiger partial charge in [-0.1, -0.05) is 6.92 Å². The largest absolute Gasteiger partial charge is 0.422 e. The highest BCUT2D eigenvalue weighted by Crippen LogP contribution is 2.27. The number of carbonyl (C=O) groups excluding carboxylic acids is 2. The monoisotopic (exact) mass is 234 g/mol. The van der Waals surface area contributed by atoms with E-state index in [0.29, 0.717) is 6.42 Å². The first-order valence-electron chi connectivity index (χ1n) is 4.95. The minimum atomic E-state index is -1.15. The van der Waals surface area contributed by atoms with Crippen LogP contribution in [0.15, 0.2) is 0 Å². The molecule has 1 heterocycles. The lowest BCUT2D eigenvalue weighted by Gasteiger charge is -2.33. The molecule has 15 heavy (non-hydrogen) atoms. The van der Waals surface area contributed by atoms with Crippen molar-refractivity contribution in [1.29, 1.82) is 0 Å². The van der Waals surface area contributed by atoms with Crippen molar-refractivity contribution >= 4 is 23.5 Å². The first-order valence-corrected chi connectivity index (χ1v) is 5.39. The van der Waals surface area contributed by atoms with Gasteiger partial charge >= 0.3 is 11.9 Å². The van der Waals surface area contributed by atoms with E-state index in [9.17, 15) is 9.59 Å². The van der Waals surface area contributed by atoms with Crippen LogP contribution in [0.25, 0.3) is 0 Å². The molecule has 0 spiro atoms. The predicted molar refractivity (Wildman–Crippen MR) is 54.3 cm³/mol. The smallest absolute Gasteiger partial charge is 0.323 e. The van der Waals surface area contributed by atoms with Crippen LogP contribution in [0.2, 0.25) is 0 Å². The molecule has 0 N–H and O–H groups in total. The molecule has 5 heteroatoms. The first kappa shape index (κ1) is 12.3. The number of alkyl halides is 1. The summed E-state index contributed by atoms with van der Waals surface area (Å²) in [5, 5.41) is -0.212. The number of hydrogen-bond donors (Lipinski definition) is 0. The molecule has 0 saturated carbocycles. The summed E-state index contributed by atoms with van der Waals surface area (Å²) in [4.78, 5) is 23.0. The van der Waals surface area contributed by atoms with Crippen molar-refractivity contribution in [2.45, 2.75) is 44.8 Å². The third-order valence-corrected chi connectivity index (χ3v) is 2.68. The van der Waals surface area contributed by atoms with Gasteiger partial charge in [-0.2, -0.15) is 0 Å². The first-order chi connectivity index (χ1) is 6.85. The van der Waals surface area contributed by atoms with Crippen molar-refractivity contribution in [2.24, 2.45) is 5.92 Å². The maximum Gasteiger partial charge on any atom is 0.323 e. The molecule has 0 bridgehead atoms. The predicted octanol–water partition coefficient (Wildman–Crippen LogP) is 1.85. The summed E-state index contributed by atoms with van der Waals surface area (Å²) >= 11 is 5.88. The maximum absolute atomic E-state index is 11.5. The summed E-state index contributed by atoms with van der Waals surface area (Å²) in [7, 11) is 0. The quantitative estimate of drug-likeness (QED) is 0.425. The molecule has 1 aliphatic heterocycles. The molecule has 0 aromatic heterocycles. The Kier molecular flexibility index (Phi) is 3.60. The van der Waals surface area contributed by atoms with E-state index in [1.54, 1.807) is 0 Å². The van der Waals surface area contributed by atoms with Gasteiger partial charge in [-0.25, -0.2) is 0 Å². The fourth-order valence-corrected chi connectivity index (χ4v) is 1.54. The van der Waals surface area contributed by atoms with E-state index in [2.05, 4.69) is 0 Å². The van der Waals surface area contributed by atoms with Crippen LogP contribution in [0.1, 0.15) is 33.6 Å². The summed E-state index contributed by atoms with van der Waals surface area (Å²) in [6, 6.07) is 0. The lowest BCUT2D eigenvalue weighted by atomic mass is 10.0. The van der Waals surface area contributed by atoms with E-state index in [0.717, 1.165) is 0 Å². The zero-order valence-electron chi connectivity index (χ0n) is 9.08. The molecule has 86 valence electrons. The Morgan fingerprint density at radius 1 is 1.33 bits per heavy atom. The SMILES string of the molecule is CCC(Cl)CC1C(=O)OC(C)(C)OC1=O. The molecule has 0 amide bonds. The van der Waals surface area contributed by atoms with Gasteiger partial charge in [-0.15, -0.1) is 11.6 Å². The summed E-state index contributed by atoms with van der Waals surface area (Å²) in [6.07, 6.45) is 0.966. The molecule has 1 aliphatic rings. The van der Waals surface area contributed by atoms with Crippen LogP contribution >= 0.6 is 11.6 Å². The third kappa shape index (κ3) is 3.09. The molecule has 0 aromatic carbocycles. The highest BCUT2D eigenvalue weighted by atomic mass is 35.5. The standard InChI is InChI=1S/C10H15ClO4/c1-4-6(11)5-7-8(12)14-10(2,3)15-9(7)13/h6-7H,4-5H2,1-3H3. The minimum absolute atomic E-state index is 0.212. The lowest BCUT2D eigenvalue weighted by Crippen LogP contribution is -2.46. The van der Waals surface area contributed by atoms with Gasteiger partial charge in [0.2, 0.25) is 0 Å². The van der Waals surface area contributed by atoms with E-state index in [1.807, 2.05) is 6.92 Å². The number of halogens is 1. The molecule has 1 saturated heterocycles. The van der Waals surface area contributed by atoms with Crippen molar-refractivity contribution in [3.63, 3.8) is 0 Å². The average molecular weight is 235 g/mol.